The number of fused-ring (bicyclic) bond motifs is 1. The van der Waals surface area contributed by atoms with Crippen molar-refractivity contribution in [1.29, 1.82) is 0 Å². The third-order valence-corrected chi connectivity index (χ3v) is 3.32. The topological polar surface area (TPSA) is 76.2 Å². The van der Waals surface area contributed by atoms with Crippen molar-refractivity contribution in [2.75, 3.05) is 0 Å². The second-order valence-electron chi connectivity index (χ2n) is 3.38. The Morgan fingerprint density at radius 1 is 1.35 bits per heavy atom. The number of hydrogen-bond acceptors (Lipinski definition) is 5. The molecule has 2 heterocycles. The van der Waals surface area contributed by atoms with Crippen LogP contribution in [0.1, 0.15) is 10.6 Å². The average molecular weight is 246 g/mol. The summed E-state index contributed by atoms with van der Waals surface area (Å²) < 4.78 is 4.95. The van der Waals surface area contributed by atoms with Gasteiger partial charge in [-0.2, -0.15) is 4.98 Å². The standard InChI is InChI=1S/C11H6N2O3S/c14-11(15)9-12-10(16-13-9)8-7-4-2-1-3-6(7)5-17-8/h1-5H,(H,14,15). The predicted octanol–water partition coefficient (Wildman–Crippen LogP) is 2.65. The van der Waals surface area contributed by atoms with Crippen LogP contribution >= 0.6 is 11.3 Å². The van der Waals surface area contributed by atoms with Crippen LogP contribution in [-0.4, -0.2) is 21.2 Å². The number of benzene rings is 1. The lowest BCUT2D eigenvalue weighted by Crippen LogP contribution is -1.98. The van der Waals surface area contributed by atoms with E-state index in [0.717, 1.165) is 15.6 Å². The average Bonchev–Trinajstić information content (AvgIpc) is 2.95. The molecule has 0 unspecified atom stereocenters. The summed E-state index contributed by atoms with van der Waals surface area (Å²) in [4.78, 5) is 15.3. The fraction of sp³-hybridized carbons (Fsp3) is 0. The lowest BCUT2D eigenvalue weighted by atomic mass is 10.2. The van der Waals surface area contributed by atoms with Crippen molar-refractivity contribution in [3.63, 3.8) is 0 Å². The first-order valence-electron chi connectivity index (χ1n) is 4.79. The van der Waals surface area contributed by atoms with Gasteiger partial charge in [-0.1, -0.05) is 24.3 Å². The summed E-state index contributed by atoms with van der Waals surface area (Å²) in [5.41, 5.74) is 0. The van der Waals surface area contributed by atoms with Crippen molar-refractivity contribution in [2.45, 2.75) is 0 Å². The SMILES string of the molecule is O=C(O)c1noc(-c2scc3ccccc23)n1. The van der Waals surface area contributed by atoms with Crippen molar-refractivity contribution in [1.82, 2.24) is 10.1 Å². The molecular formula is C11H6N2O3S. The van der Waals surface area contributed by atoms with Crippen LogP contribution in [0.5, 0.6) is 0 Å². The molecule has 0 bridgehead atoms. The minimum Gasteiger partial charge on any atom is -0.475 e. The number of aromatic nitrogens is 2. The van der Waals surface area contributed by atoms with Crippen molar-refractivity contribution in [3.8, 4) is 10.8 Å². The molecule has 1 aromatic carbocycles. The zero-order valence-corrected chi connectivity index (χ0v) is 9.27. The van der Waals surface area contributed by atoms with Gasteiger partial charge < -0.3 is 9.63 Å². The van der Waals surface area contributed by atoms with E-state index in [-0.39, 0.29) is 11.7 Å². The Morgan fingerprint density at radius 2 is 2.18 bits per heavy atom. The monoisotopic (exact) mass is 246 g/mol. The summed E-state index contributed by atoms with van der Waals surface area (Å²) in [5, 5.41) is 16.2. The molecule has 0 spiro atoms. The minimum atomic E-state index is -1.19. The molecule has 6 heteroatoms. The molecule has 5 nitrogen and oxygen atoms in total. The smallest absolute Gasteiger partial charge is 0.377 e. The first kappa shape index (κ1) is 9.98. The first-order valence-corrected chi connectivity index (χ1v) is 5.67. The van der Waals surface area contributed by atoms with Crippen LogP contribution in [-0.2, 0) is 0 Å². The van der Waals surface area contributed by atoms with Gasteiger partial charge in [0.2, 0.25) is 0 Å². The highest BCUT2D eigenvalue weighted by Gasteiger charge is 2.17. The molecule has 0 aliphatic heterocycles. The van der Waals surface area contributed by atoms with E-state index in [1.54, 1.807) is 0 Å². The molecule has 0 amide bonds. The molecule has 84 valence electrons. The van der Waals surface area contributed by atoms with E-state index in [4.69, 9.17) is 9.63 Å². The van der Waals surface area contributed by atoms with Crippen molar-refractivity contribution in [3.05, 3.63) is 35.5 Å². The van der Waals surface area contributed by atoms with Gasteiger partial charge in [-0.25, -0.2) is 4.79 Å². The molecule has 0 aliphatic carbocycles. The normalized spacial score (nSPS) is 10.8. The molecule has 17 heavy (non-hydrogen) atoms. The molecule has 0 aliphatic rings. The predicted molar refractivity (Wildman–Crippen MR) is 62.1 cm³/mol. The molecular weight excluding hydrogens is 240 g/mol. The Hall–Kier alpha value is -2.21. The minimum absolute atomic E-state index is 0.244. The number of carboxylic acids is 1. The van der Waals surface area contributed by atoms with Gasteiger partial charge >= 0.3 is 5.97 Å². The fourth-order valence-electron chi connectivity index (χ4n) is 1.56. The largest absolute Gasteiger partial charge is 0.475 e. The van der Waals surface area contributed by atoms with Gasteiger partial charge in [0.15, 0.2) is 0 Å². The number of aromatic carboxylic acids is 1. The molecule has 0 radical (unpaired) electrons. The number of nitrogens with zero attached hydrogens (tertiary/aromatic N) is 2. The summed E-state index contributed by atoms with van der Waals surface area (Å²) in [6.07, 6.45) is 0. The van der Waals surface area contributed by atoms with E-state index in [9.17, 15) is 4.79 Å². The fourth-order valence-corrected chi connectivity index (χ4v) is 2.51. The second kappa shape index (κ2) is 3.67. The van der Waals surface area contributed by atoms with Gasteiger partial charge in [0.1, 0.15) is 4.88 Å². The van der Waals surface area contributed by atoms with Gasteiger partial charge in [-0.15, -0.1) is 11.3 Å². The number of carboxylic acid groups (broad SMARTS) is 1. The summed E-state index contributed by atoms with van der Waals surface area (Å²) in [6.45, 7) is 0. The zero-order valence-electron chi connectivity index (χ0n) is 8.45. The molecule has 0 atom stereocenters. The van der Waals surface area contributed by atoms with Crippen molar-refractivity contribution in [2.24, 2.45) is 0 Å². The molecule has 0 saturated carbocycles. The Morgan fingerprint density at radius 3 is 2.94 bits per heavy atom. The van der Waals surface area contributed by atoms with Gasteiger partial charge in [-0.05, 0) is 15.9 Å². The quantitative estimate of drug-likeness (QED) is 0.752. The molecule has 3 rings (SSSR count). The highest BCUT2D eigenvalue weighted by Crippen LogP contribution is 2.33. The number of carbonyl (C=O) groups is 1. The third-order valence-electron chi connectivity index (χ3n) is 2.32. The first-order chi connectivity index (χ1) is 8.25. The number of hydrogen-bond donors (Lipinski definition) is 1. The summed E-state index contributed by atoms with van der Waals surface area (Å²) in [6, 6.07) is 7.76. The van der Waals surface area contributed by atoms with Gasteiger partial charge in [-0.3, -0.25) is 0 Å². The lowest BCUT2D eigenvalue weighted by molar-refractivity contribution is 0.0680. The van der Waals surface area contributed by atoms with E-state index >= 15 is 0 Å². The van der Waals surface area contributed by atoms with Crippen LogP contribution in [0.15, 0.2) is 34.2 Å². The van der Waals surface area contributed by atoms with Gasteiger partial charge in [0.05, 0.1) is 0 Å². The summed E-state index contributed by atoms with van der Waals surface area (Å²) in [7, 11) is 0. The maximum Gasteiger partial charge on any atom is 0.377 e. The molecule has 0 fully saturated rings. The molecule has 2 aromatic heterocycles. The third kappa shape index (κ3) is 1.58. The summed E-state index contributed by atoms with van der Waals surface area (Å²) >= 11 is 1.45. The molecule has 3 aromatic rings. The Balaban J connectivity index is 2.17. The van der Waals surface area contributed by atoms with Crippen LogP contribution in [0.2, 0.25) is 0 Å². The van der Waals surface area contributed by atoms with E-state index < -0.39 is 5.97 Å². The molecule has 1 N–H and O–H groups in total. The maximum atomic E-state index is 10.7. The Labute approximate surface area is 99.3 Å². The van der Waals surface area contributed by atoms with Crippen molar-refractivity contribution >= 4 is 28.1 Å². The summed E-state index contributed by atoms with van der Waals surface area (Å²) in [5.74, 6) is -1.27. The zero-order chi connectivity index (χ0) is 11.8. The highest BCUT2D eigenvalue weighted by molar-refractivity contribution is 7.15. The molecule has 0 saturated heterocycles. The Kier molecular flexibility index (Phi) is 2.15. The van der Waals surface area contributed by atoms with E-state index in [2.05, 4.69) is 10.1 Å². The second-order valence-corrected chi connectivity index (χ2v) is 4.26. The maximum absolute atomic E-state index is 10.7. The van der Waals surface area contributed by atoms with Gasteiger partial charge in [0.25, 0.3) is 11.7 Å². The Bertz CT molecular complexity index is 701. The lowest BCUT2D eigenvalue weighted by Gasteiger charge is -1.90. The van der Waals surface area contributed by atoms with Crippen LogP contribution < -0.4 is 0 Å². The van der Waals surface area contributed by atoms with Crippen LogP contribution in [0, 0.1) is 0 Å². The van der Waals surface area contributed by atoms with Gasteiger partial charge in [0, 0.05) is 5.39 Å². The van der Waals surface area contributed by atoms with E-state index in [1.165, 1.54) is 11.3 Å². The van der Waals surface area contributed by atoms with Crippen LogP contribution in [0.25, 0.3) is 21.5 Å². The van der Waals surface area contributed by atoms with Crippen LogP contribution in [0.3, 0.4) is 0 Å². The number of rotatable bonds is 2. The number of thiophene rings is 1. The highest BCUT2D eigenvalue weighted by atomic mass is 32.1. The van der Waals surface area contributed by atoms with Crippen LogP contribution in [0.4, 0.5) is 0 Å². The van der Waals surface area contributed by atoms with Crippen molar-refractivity contribution < 1.29 is 14.4 Å². The van der Waals surface area contributed by atoms with E-state index in [1.807, 2.05) is 29.6 Å². The van der Waals surface area contributed by atoms with E-state index in [0.29, 0.717) is 0 Å².